The van der Waals surface area contributed by atoms with Crippen LogP contribution in [0.5, 0.6) is 0 Å². The van der Waals surface area contributed by atoms with Crippen molar-refractivity contribution in [2.45, 2.75) is 19.8 Å². The Labute approximate surface area is 86.4 Å². The summed E-state index contributed by atoms with van der Waals surface area (Å²) in [6, 6.07) is 5.21. The molecule has 1 aromatic carbocycles. The highest BCUT2D eigenvalue weighted by atomic mass is 16.3. The third-order valence-electron chi connectivity index (χ3n) is 2.04. The van der Waals surface area contributed by atoms with Gasteiger partial charge in [-0.05, 0) is 24.1 Å². The molecule has 0 aliphatic rings. The van der Waals surface area contributed by atoms with Crippen LogP contribution in [0.15, 0.2) is 27.7 Å². The quantitative estimate of drug-likeness (QED) is 0.432. The monoisotopic (exact) mass is 202 g/mol. The molecule has 5 nitrogen and oxygen atoms in total. The molecule has 0 N–H and O–H groups in total. The molecule has 0 bridgehead atoms. The summed E-state index contributed by atoms with van der Waals surface area (Å²) in [4.78, 5) is 7.02. The minimum atomic E-state index is 0.546. The van der Waals surface area contributed by atoms with E-state index in [-0.39, 0.29) is 0 Å². The Morgan fingerprint density at radius 3 is 3.13 bits per heavy atom. The van der Waals surface area contributed by atoms with Crippen molar-refractivity contribution in [2.24, 2.45) is 5.11 Å². The number of azide groups is 1. The Bertz CT molecular complexity index is 525. The second-order valence-corrected chi connectivity index (χ2v) is 3.20. The Morgan fingerprint density at radius 1 is 1.53 bits per heavy atom. The molecule has 0 unspecified atom stereocenters. The summed E-state index contributed by atoms with van der Waals surface area (Å²) in [5.41, 5.74) is 10.3. The van der Waals surface area contributed by atoms with E-state index < -0.39 is 0 Å². The van der Waals surface area contributed by atoms with Gasteiger partial charge in [-0.2, -0.15) is 0 Å². The smallest absolute Gasteiger partial charge is 0.195 e. The lowest BCUT2D eigenvalue weighted by molar-refractivity contribution is 0.525. The second-order valence-electron chi connectivity index (χ2n) is 3.20. The Hall–Kier alpha value is -2.00. The van der Waals surface area contributed by atoms with Crippen molar-refractivity contribution in [3.05, 3.63) is 34.5 Å². The van der Waals surface area contributed by atoms with Crippen LogP contribution >= 0.6 is 0 Å². The summed E-state index contributed by atoms with van der Waals surface area (Å²) in [6.45, 7) is 2.07. The SMILES string of the molecule is CCCc1nc2ccc(N=[N+]=[N-])cc2o1. The molecule has 1 heterocycles. The lowest BCUT2D eigenvalue weighted by Crippen LogP contribution is -1.79. The van der Waals surface area contributed by atoms with E-state index in [4.69, 9.17) is 9.95 Å². The van der Waals surface area contributed by atoms with Crippen molar-refractivity contribution >= 4 is 16.8 Å². The van der Waals surface area contributed by atoms with E-state index in [1.54, 1.807) is 18.2 Å². The number of benzene rings is 1. The fourth-order valence-electron chi connectivity index (χ4n) is 1.40. The molecule has 0 radical (unpaired) electrons. The van der Waals surface area contributed by atoms with E-state index in [0.717, 1.165) is 24.2 Å². The van der Waals surface area contributed by atoms with Crippen molar-refractivity contribution in [3.63, 3.8) is 0 Å². The van der Waals surface area contributed by atoms with E-state index in [9.17, 15) is 0 Å². The first-order chi connectivity index (χ1) is 7.33. The lowest BCUT2D eigenvalue weighted by Gasteiger charge is -1.88. The van der Waals surface area contributed by atoms with Crippen LogP contribution in [0.3, 0.4) is 0 Å². The predicted octanol–water partition coefficient (Wildman–Crippen LogP) is 3.72. The summed E-state index contributed by atoms with van der Waals surface area (Å²) in [7, 11) is 0. The van der Waals surface area contributed by atoms with Crippen molar-refractivity contribution < 1.29 is 4.42 Å². The number of aromatic nitrogens is 1. The number of hydrogen-bond acceptors (Lipinski definition) is 3. The normalized spacial score (nSPS) is 10.2. The zero-order chi connectivity index (χ0) is 10.7. The molecule has 0 saturated heterocycles. The van der Waals surface area contributed by atoms with Gasteiger partial charge in [-0.15, -0.1) is 0 Å². The fourth-order valence-corrected chi connectivity index (χ4v) is 1.40. The van der Waals surface area contributed by atoms with E-state index in [2.05, 4.69) is 21.9 Å². The van der Waals surface area contributed by atoms with Crippen LogP contribution < -0.4 is 0 Å². The van der Waals surface area contributed by atoms with Crippen LogP contribution in [-0.2, 0) is 6.42 Å². The van der Waals surface area contributed by atoms with E-state index in [0.29, 0.717) is 11.3 Å². The molecule has 76 valence electrons. The zero-order valence-corrected chi connectivity index (χ0v) is 8.34. The van der Waals surface area contributed by atoms with Gasteiger partial charge in [-0.25, -0.2) is 4.98 Å². The predicted molar refractivity (Wildman–Crippen MR) is 56.8 cm³/mol. The van der Waals surface area contributed by atoms with Crippen LogP contribution in [0.2, 0.25) is 0 Å². The van der Waals surface area contributed by atoms with Gasteiger partial charge >= 0.3 is 0 Å². The number of fused-ring (bicyclic) bond motifs is 1. The Morgan fingerprint density at radius 2 is 2.40 bits per heavy atom. The zero-order valence-electron chi connectivity index (χ0n) is 8.34. The number of nitrogens with zero attached hydrogens (tertiary/aromatic N) is 4. The third kappa shape index (κ3) is 1.92. The van der Waals surface area contributed by atoms with Gasteiger partial charge in [0.25, 0.3) is 0 Å². The Balaban J connectivity index is 2.47. The summed E-state index contributed by atoms with van der Waals surface area (Å²) in [5.74, 6) is 0.727. The van der Waals surface area contributed by atoms with Gasteiger partial charge in [0.2, 0.25) is 0 Å². The highest BCUT2D eigenvalue weighted by molar-refractivity contribution is 5.76. The minimum Gasteiger partial charge on any atom is -0.441 e. The fraction of sp³-hybridized carbons (Fsp3) is 0.300. The molecule has 0 atom stereocenters. The first-order valence-corrected chi connectivity index (χ1v) is 4.78. The van der Waals surface area contributed by atoms with Crippen molar-refractivity contribution in [2.75, 3.05) is 0 Å². The van der Waals surface area contributed by atoms with Gasteiger partial charge < -0.3 is 4.42 Å². The molecule has 5 heteroatoms. The first kappa shape index (κ1) is 9.55. The first-order valence-electron chi connectivity index (χ1n) is 4.78. The second kappa shape index (κ2) is 4.02. The molecule has 0 aliphatic carbocycles. The van der Waals surface area contributed by atoms with Crippen LogP contribution in [0.1, 0.15) is 19.2 Å². The van der Waals surface area contributed by atoms with Gasteiger partial charge in [-0.1, -0.05) is 18.1 Å². The molecule has 0 fully saturated rings. The van der Waals surface area contributed by atoms with Crippen LogP contribution in [0.25, 0.3) is 21.5 Å². The molecule has 15 heavy (non-hydrogen) atoms. The summed E-state index contributed by atoms with van der Waals surface area (Å²) in [6.07, 6.45) is 1.82. The number of oxazole rings is 1. The highest BCUT2D eigenvalue weighted by Gasteiger charge is 2.04. The van der Waals surface area contributed by atoms with E-state index in [1.165, 1.54) is 0 Å². The third-order valence-corrected chi connectivity index (χ3v) is 2.04. The van der Waals surface area contributed by atoms with Crippen molar-refractivity contribution in [1.82, 2.24) is 4.98 Å². The molecular weight excluding hydrogens is 192 g/mol. The van der Waals surface area contributed by atoms with Crippen molar-refractivity contribution in [3.8, 4) is 0 Å². The van der Waals surface area contributed by atoms with E-state index in [1.807, 2.05) is 0 Å². The lowest BCUT2D eigenvalue weighted by atomic mass is 10.3. The maximum atomic E-state index is 8.29. The molecule has 1 aromatic heterocycles. The standard InChI is InChI=1S/C10H10N4O/c1-2-3-10-12-8-5-4-7(13-14-11)6-9(8)15-10/h4-6H,2-3H2,1H3. The maximum Gasteiger partial charge on any atom is 0.195 e. The van der Waals surface area contributed by atoms with Crippen LogP contribution in [0.4, 0.5) is 5.69 Å². The molecule has 0 aliphatic heterocycles. The number of aryl methyl sites for hydroxylation is 1. The van der Waals surface area contributed by atoms with Gasteiger partial charge in [0.1, 0.15) is 5.52 Å². The molecule has 2 rings (SSSR count). The molecule has 0 spiro atoms. The summed E-state index contributed by atoms with van der Waals surface area (Å²) in [5, 5.41) is 3.50. The summed E-state index contributed by atoms with van der Waals surface area (Å²) >= 11 is 0. The minimum absolute atomic E-state index is 0.546. The maximum absolute atomic E-state index is 8.29. The topological polar surface area (TPSA) is 74.8 Å². The molecule has 2 aromatic rings. The van der Waals surface area contributed by atoms with Gasteiger partial charge in [0.15, 0.2) is 11.5 Å². The van der Waals surface area contributed by atoms with E-state index >= 15 is 0 Å². The summed E-state index contributed by atoms with van der Waals surface area (Å²) < 4.78 is 5.50. The number of hydrogen-bond donors (Lipinski definition) is 0. The Kier molecular flexibility index (Phi) is 2.56. The van der Waals surface area contributed by atoms with Crippen molar-refractivity contribution in [1.29, 1.82) is 0 Å². The van der Waals surface area contributed by atoms with Crippen LogP contribution in [-0.4, -0.2) is 4.98 Å². The average molecular weight is 202 g/mol. The molecular formula is C10H10N4O. The average Bonchev–Trinajstić information content (AvgIpc) is 2.60. The van der Waals surface area contributed by atoms with Gasteiger partial charge in [-0.3, -0.25) is 0 Å². The van der Waals surface area contributed by atoms with Gasteiger partial charge in [0.05, 0.1) is 0 Å². The highest BCUT2D eigenvalue weighted by Crippen LogP contribution is 2.22. The number of rotatable bonds is 3. The molecule has 0 amide bonds. The molecule has 0 saturated carbocycles. The largest absolute Gasteiger partial charge is 0.441 e. The van der Waals surface area contributed by atoms with Crippen LogP contribution in [0, 0.1) is 0 Å². The van der Waals surface area contributed by atoms with Gasteiger partial charge in [0, 0.05) is 17.0 Å².